The molecule has 0 aliphatic rings. The highest BCUT2D eigenvalue weighted by Crippen LogP contribution is 2.16. The van der Waals surface area contributed by atoms with Crippen LogP contribution in [0, 0.1) is 0 Å². The number of likely N-dealkylation sites (N-methyl/N-ethyl adjacent to an activating group) is 1. The number of para-hydroxylation sites is 1. The molecule has 1 amide bonds. The van der Waals surface area contributed by atoms with Gasteiger partial charge in [0.25, 0.3) is 0 Å². The van der Waals surface area contributed by atoms with E-state index >= 15 is 0 Å². The van der Waals surface area contributed by atoms with E-state index in [1.165, 1.54) is 0 Å². The number of hydrogen-bond donors (Lipinski definition) is 1. The van der Waals surface area contributed by atoms with Crippen LogP contribution in [0.2, 0.25) is 5.02 Å². The minimum Gasteiger partial charge on any atom is -0.492 e. The number of carbonyl (C=O) groups is 1. The predicted molar refractivity (Wildman–Crippen MR) is 99.4 cm³/mol. The van der Waals surface area contributed by atoms with Gasteiger partial charge in [-0.3, -0.25) is 9.69 Å². The highest BCUT2D eigenvalue weighted by Gasteiger charge is 2.06. The van der Waals surface area contributed by atoms with Crippen molar-refractivity contribution >= 4 is 17.5 Å². The van der Waals surface area contributed by atoms with E-state index < -0.39 is 0 Å². The van der Waals surface area contributed by atoms with Gasteiger partial charge in [-0.25, -0.2) is 0 Å². The summed E-state index contributed by atoms with van der Waals surface area (Å²) >= 11 is 5.90. The molecule has 25 heavy (non-hydrogen) atoms. The van der Waals surface area contributed by atoms with Crippen LogP contribution in [0.5, 0.6) is 11.5 Å². The van der Waals surface area contributed by atoms with Crippen molar-refractivity contribution in [3.63, 3.8) is 0 Å². The number of halogens is 1. The van der Waals surface area contributed by atoms with Gasteiger partial charge in [-0.15, -0.1) is 0 Å². The first-order chi connectivity index (χ1) is 12.1. The van der Waals surface area contributed by atoms with E-state index in [0.717, 1.165) is 11.5 Å². The molecule has 6 heteroatoms. The molecule has 0 atom stereocenters. The normalized spacial score (nSPS) is 10.5. The quantitative estimate of drug-likeness (QED) is 0.660. The van der Waals surface area contributed by atoms with Crippen LogP contribution >= 0.6 is 11.6 Å². The van der Waals surface area contributed by atoms with E-state index in [-0.39, 0.29) is 5.91 Å². The molecule has 2 aromatic rings. The summed E-state index contributed by atoms with van der Waals surface area (Å²) in [5.74, 6) is 1.48. The average molecular weight is 363 g/mol. The van der Waals surface area contributed by atoms with Gasteiger partial charge in [0.2, 0.25) is 5.91 Å². The van der Waals surface area contributed by atoms with Crippen molar-refractivity contribution in [3.05, 3.63) is 59.6 Å². The van der Waals surface area contributed by atoms with Gasteiger partial charge in [-0.2, -0.15) is 0 Å². The largest absolute Gasteiger partial charge is 0.492 e. The number of ether oxygens (including phenoxy) is 2. The molecule has 0 saturated heterocycles. The number of nitrogens with one attached hydrogen (secondary N) is 1. The Bertz CT molecular complexity index is 652. The zero-order valence-electron chi connectivity index (χ0n) is 14.3. The van der Waals surface area contributed by atoms with Gasteiger partial charge in [-0.1, -0.05) is 35.9 Å². The van der Waals surface area contributed by atoms with E-state index in [1.54, 1.807) is 12.1 Å². The highest BCUT2D eigenvalue weighted by atomic mass is 35.5. The zero-order chi connectivity index (χ0) is 17.9. The molecule has 0 aliphatic heterocycles. The highest BCUT2D eigenvalue weighted by molar-refractivity contribution is 6.30. The molecule has 0 bridgehead atoms. The van der Waals surface area contributed by atoms with Crippen molar-refractivity contribution in [2.24, 2.45) is 0 Å². The molecule has 0 spiro atoms. The second-order valence-electron chi connectivity index (χ2n) is 5.56. The summed E-state index contributed by atoms with van der Waals surface area (Å²) in [6.07, 6.45) is 0. The van der Waals surface area contributed by atoms with Gasteiger partial charge in [0.15, 0.2) is 0 Å². The molecule has 134 valence electrons. The Balaban J connectivity index is 1.55. The topological polar surface area (TPSA) is 50.8 Å². The van der Waals surface area contributed by atoms with E-state index in [9.17, 15) is 4.79 Å². The molecule has 5 nitrogen and oxygen atoms in total. The molecule has 0 fully saturated rings. The molecular weight excluding hydrogens is 340 g/mol. The van der Waals surface area contributed by atoms with Crippen LogP contribution < -0.4 is 14.8 Å². The number of hydrogen-bond acceptors (Lipinski definition) is 4. The van der Waals surface area contributed by atoms with Gasteiger partial charge >= 0.3 is 0 Å². The van der Waals surface area contributed by atoms with Crippen LogP contribution in [-0.2, 0) is 4.79 Å². The molecule has 0 aliphatic carbocycles. The van der Waals surface area contributed by atoms with Gasteiger partial charge in [0.1, 0.15) is 24.7 Å². The van der Waals surface area contributed by atoms with Crippen LogP contribution in [0.1, 0.15) is 0 Å². The molecule has 2 rings (SSSR count). The Morgan fingerprint density at radius 1 is 1.04 bits per heavy atom. The third kappa shape index (κ3) is 7.92. The number of benzene rings is 2. The standard InChI is InChI=1S/C19H23ClN2O3/c1-22(11-13-25-18-9-5-6-16(20)14-18)15-19(23)21-10-12-24-17-7-3-2-4-8-17/h2-9,14H,10-13,15H2,1H3,(H,21,23). The smallest absolute Gasteiger partial charge is 0.234 e. The lowest BCUT2D eigenvalue weighted by atomic mass is 10.3. The van der Waals surface area contributed by atoms with Gasteiger partial charge in [0.05, 0.1) is 13.1 Å². The first kappa shape index (κ1) is 19.1. The minimum atomic E-state index is -0.0399. The Morgan fingerprint density at radius 2 is 1.76 bits per heavy atom. The minimum absolute atomic E-state index is 0.0399. The van der Waals surface area contributed by atoms with E-state index in [2.05, 4.69) is 5.32 Å². The second-order valence-corrected chi connectivity index (χ2v) is 5.99. The van der Waals surface area contributed by atoms with Crippen LogP contribution in [-0.4, -0.2) is 50.7 Å². The zero-order valence-corrected chi connectivity index (χ0v) is 15.0. The van der Waals surface area contributed by atoms with Gasteiger partial charge < -0.3 is 14.8 Å². The lowest BCUT2D eigenvalue weighted by Crippen LogP contribution is -2.38. The van der Waals surface area contributed by atoms with Crippen molar-refractivity contribution in [3.8, 4) is 11.5 Å². The maximum atomic E-state index is 11.9. The molecule has 0 aromatic heterocycles. The number of nitrogens with zero attached hydrogens (tertiary/aromatic N) is 1. The summed E-state index contributed by atoms with van der Waals surface area (Å²) in [7, 11) is 1.88. The summed E-state index contributed by atoms with van der Waals surface area (Å²) in [5, 5.41) is 3.48. The van der Waals surface area contributed by atoms with Gasteiger partial charge in [0, 0.05) is 11.6 Å². The van der Waals surface area contributed by atoms with Gasteiger partial charge in [-0.05, 0) is 37.4 Å². The van der Waals surface area contributed by atoms with E-state index in [1.807, 2.05) is 54.4 Å². The first-order valence-electron chi connectivity index (χ1n) is 8.15. The molecule has 1 N–H and O–H groups in total. The van der Waals surface area contributed by atoms with Crippen LogP contribution in [0.3, 0.4) is 0 Å². The van der Waals surface area contributed by atoms with Crippen molar-refractivity contribution < 1.29 is 14.3 Å². The number of carbonyl (C=O) groups excluding carboxylic acids is 1. The first-order valence-corrected chi connectivity index (χ1v) is 8.53. The Hall–Kier alpha value is -2.24. The average Bonchev–Trinajstić information content (AvgIpc) is 2.60. The predicted octanol–water partition coefficient (Wildman–Crippen LogP) is 2.85. The maximum absolute atomic E-state index is 11.9. The SMILES string of the molecule is CN(CCOc1cccc(Cl)c1)CC(=O)NCCOc1ccccc1. The fourth-order valence-corrected chi connectivity index (χ4v) is 2.31. The third-order valence-corrected chi connectivity index (χ3v) is 3.62. The fraction of sp³-hybridized carbons (Fsp3) is 0.316. The fourth-order valence-electron chi connectivity index (χ4n) is 2.13. The lowest BCUT2D eigenvalue weighted by molar-refractivity contribution is -0.122. The summed E-state index contributed by atoms with van der Waals surface area (Å²) in [6, 6.07) is 16.8. The van der Waals surface area contributed by atoms with E-state index in [0.29, 0.717) is 37.9 Å². The molecule has 0 radical (unpaired) electrons. The molecular formula is C19H23ClN2O3. The van der Waals surface area contributed by atoms with Crippen molar-refractivity contribution in [1.29, 1.82) is 0 Å². The summed E-state index contributed by atoms with van der Waals surface area (Å²) < 4.78 is 11.1. The third-order valence-electron chi connectivity index (χ3n) is 3.39. The summed E-state index contributed by atoms with van der Waals surface area (Å²) in [6.45, 7) is 2.35. The molecule has 0 saturated carbocycles. The second kappa shape index (κ2) is 10.6. The van der Waals surface area contributed by atoms with Crippen molar-refractivity contribution in [2.45, 2.75) is 0 Å². The Morgan fingerprint density at radius 3 is 2.52 bits per heavy atom. The van der Waals surface area contributed by atoms with Crippen molar-refractivity contribution in [1.82, 2.24) is 10.2 Å². The summed E-state index contributed by atoms with van der Waals surface area (Å²) in [5.41, 5.74) is 0. The Labute approximate surface area is 153 Å². The molecule has 2 aromatic carbocycles. The maximum Gasteiger partial charge on any atom is 0.234 e. The summed E-state index contributed by atoms with van der Waals surface area (Å²) in [4.78, 5) is 13.8. The Kier molecular flexibility index (Phi) is 8.09. The molecule has 0 unspecified atom stereocenters. The van der Waals surface area contributed by atoms with Crippen molar-refractivity contribution in [2.75, 3.05) is 39.9 Å². The van der Waals surface area contributed by atoms with Crippen LogP contribution in [0.15, 0.2) is 54.6 Å². The number of amides is 1. The van der Waals surface area contributed by atoms with Crippen LogP contribution in [0.4, 0.5) is 0 Å². The van der Waals surface area contributed by atoms with E-state index in [4.69, 9.17) is 21.1 Å². The molecule has 0 heterocycles. The monoisotopic (exact) mass is 362 g/mol. The lowest BCUT2D eigenvalue weighted by Gasteiger charge is -2.16. The number of rotatable bonds is 10. The van der Waals surface area contributed by atoms with Crippen LogP contribution in [0.25, 0.3) is 0 Å².